The number of halogens is 2. The van der Waals surface area contributed by atoms with E-state index in [2.05, 4.69) is 0 Å². The Labute approximate surface area is 110 Å². The molecule has 1 atom stereocenters. The molecule has 1 aliphatic heterocycles. The Balaban J connectivity index is 2.22. The number of benzene rings is 1. The molecule has 3 nitrogen and oxygen atoms in total. The Morgan fingerprint density at radius 3 is 2.65 bits per heavy atom. The number of rotatable bonds is 3. The second kappa shape index (κ2) is 5.45. The average molecular weight is 292 g/mol. The number of alkyl halides is 1. The van der Waals surface area contributed by atoms with Crippen molar-refractivity contribution in [2.24, 2.45) is 0 Å². The van der Waals surface area contributed by atoms with E-state index in [0.29, 0.717) is 24.7 Å². The van der Waals surface area contributed by atoms with E-state index in [9.17, 15) is 4.57 Å². The van der Waals surface area contributed by atoms with Crippen LogP contribution in [0.1, 0.15) is 5.56 Å². The Morgan fingerprint density at radius 1 is 1.35 bits per heavy atom. The zero-order valence-electron chi connectivity index (χ0n) is 9.05. The summed E-state index contributed by atoms with van der Waals surface area (Å²) in [5, 5.41) is 0. The lowest BCUT2D eigenvalue weighted by Gasteiger charge is -2.30. The lowest BCUT2D eigenvalue weighted by atomic mass is 10.2. The summed E-state index contributed by atoms with van der Waals surface area (Å²) in [7, 11) is 0. The van der Waals surface area contributed by atoms with Crippen LogP contribution < -0.4 is 0 Å². The molecule has 6 heteroatoms. The van der Waals surface area contributed by atoms with Gasteiger partial charge < -0.3 is 4.52 Å². The van der Waals surface area contributed by atoms with Gasteiger partial charge in [0, 0.05) is 35.8 Å². The smallest absolute Gasteiger partial charge is 0.412 e. The third-order valence-electron chi connectivity index (χ3n) is 2.44. The number of hydrogen-bond acceptors (Lipinski definition) is 2. The van der Waals surface area contributed by atoms with Gasteiger partial charge in [-0.2, -0.15) is 0 Å². The fourth-order valence-corrected chi connectivity index (χ4v) is 3.69. The van der Waals surface area contributed by atoms with Crippen LogP contribution in [0.2, 0.25) is 0 Å². The summed E-state index contributed by atoms with van der Waals surface area (Å²) in [5.74, 6) is 0.934. The molecule has 17 heavy (non-hydrogen) atoms. The summed E-state index contributed by atoms with van der Waals surface area (Å²) in [6, 6.07) is 9.47. The summed E-state index contributed by atoms with van der Waals surface area (Å²) in [4.78, 5) is 0. The van der Waals surface area contributed by atoms with Crippen molar-refractivity contribution >= 4 is 35.5 Å². The van der Waals surface area contributed by atoms with Crippen molar-refractivity contribution < 1.29 is 9.09 Å². The summed E-state index contributed by atoms with van der Waals surface area (Å²) < 4.78 is 19.0. The summed E-state index contributed by atoms with van der Waals surface area (Å²) >= 11 is 11.5. The molecule has 1 heterocycles. The first kappa shape index (κ1) is 13.0. The summed E-state index contributed by atoms with van der Waals surface area (Å²) in [6.45, 7) is -2.35. The average Bonchev–Trinajstić information content (AvgIpc) is 2.33. The minimum absolute atomic E-state index is 0.370. The monoisotopic (exact) mass is 291 g/mol. The molecule has 1 aliphatic rings. The first-order valence-electron chi connectivity index (χ1n) is 5.20. The van der Waals surface area contributed by atoms with E-state index in [1.165, 1.54) is 0 Å². The normalized spacial score (nSPS) is 25.2. The highest BCUT2D eigenvalue weighted by Gasteiger charge is 2.34. The molecular formula is C11H12Cl2NO2P. The maximum atomic E-state index is 12.1. The van der Waals surface area contributed by atoms with E-state index < -0.39 is 6.87 Å². The van der Waals surface area contributed by atoms with E-state index in [-0.39, 0.29) is 0 Å². The van der Waals surface area contributed by atoms with E-state index in [1.54, 1.807) is 4.67 Å². The van der Waals surface area contributed by atoms with Gasteiger partial charge in [0.15, 0.2) is 0 Å². The van der Waals surface area contributed by atoms with Crippen LogP contribution in [0.25, 0.3) is 5.76 Å². The van der Waals surface area contributed by atoms with Gasteiger partial charge in [-0.05, 0) is 6.08 Å². The number of hydrogen-bond donors (Lipinski definition) is 0. The van der Waals surface area contributed by atoms with Gasteiger partial charge in [-0.15, -0.1) is 11.6 Å². The molecule has 1 aromatic rings. The van der Waals surface area contributed by atoms with Crippen molar-refractivity contribution in [1.82, 2.24) is 4.67 Å². The molecule has 92 valence electrons. The number of nitrogens with zero attached hydrogens (tertiary/aromatic N) is 1. The van der Waals surface area contributed by atoms with Crippen molar-refractivity contribution in [2.45, 2.75) is 0 Å². The Morgan fingerprint density at radius 2 is 2.06 bits per heavy atom. The molecule has 0 spiro atoms. The zero-order valence-corrected chi connectivity index (χ0v) is 11.5. The second-order valence-electron chi connectivity index (χ2n) is 3.58. The predicted molar refractivity (Wildman–Crippen MR) is 71.3 cm³/mol. The van der Waals surface area contributed by atoms with Crippen LogP contribution in [0.5, 0.6) is 0 Å². The second-order valence-corrected chi connectivity index (χ2v) is 6.89. The van der Waals surface area contributed by atoms with Crippen LogP contribution in [0.3, 0.4) is 0 Å². The predicted octanol–water partition coefficient (Wildman–Crippen LogP) is 3.95. The third-order valence-corrected chi connectivity index (χ3v) is 4.92. The van der Waals surface area contributed by atoms with Gasteiger partial charge in [-0.3, -0.25) is 0 Å². The highest BCUT2D eigenvalue weighted by molar-refractivity contribution is 7.83. The first-order valence-corrected chi connectivity index (χ1v) is 8.21. The fourth-order valence-electron chi connectivity index (χ4n) is 1.58. The van der Waals surface area contributed by atoms with E-state index in [0.717, 1.165) is 5.56 Å². The van der Waals surface area contributed by atoms with Gasteiger partial charge in [0.25, 0.3) is 0 Å². The Kier molecular flexibility index (Phi) is 4.16. The molecule has 1 unspecified atom stereocenters. The van der Waals surface area contributed by atoms with Crippen molar-refractivity contribution in [3.63, 3.8) is 0 Å². The molecule has 0 N–H and O–H groups in total. The minimum Gasteiger partial charge on any atom is -0.422 e. The Bertz CT molecular complexity index is 464. The molecule has 0 fully saturated rings. The van der Waals surface area contributed by atoms with Gasteiger partial charge >= 0.3 is 6.87 Å². The van der Waals surface area contributed by atoms with Gasteiger partial charge in [-0.25, -0.2) is 9.24 Å². The molecule has 0 amide bonds. The standard InChI is InChI=1S/C11H12Cl2NO2P/c12-7-9-14-8-6-11(16-17(14,13)15)10-4-2-1-3-5-10/h1-6H,7-9H2. The van der Waals surface area contributed by atoms with Gasteiger partial charge in [-0.1, -0.05) is 30.3 Å². The fraction of sp³-hybridized carbons (Fsp3) is 0.273. The van der Waals surface area contributed by atoms with E-state index in [1.807, 2.05) is 36.4 Å². The molecule has 0 radical (unpaired) electrons. The van der Waals surface area contributed by atoms with Crippen LogP contribution in [0, 0.1) is 0 Å². The van der Waals surface area contributed by atoms with Gasteiger partial charge in [0.2, 0.25) is 0 Å². The van der Waals surface area contributed by atoms with Crippen molar-refractivity contribution in [3.8, 4) is 0 Å². The van der Waals surface area contributed by atoms with Crippen LogP contribution in [-0.4, -0.2) is 23.6 Å². The van der Waals surface area contributed by atoms with Crippen molar-refractivity contribution in [1.29, 1.82) is 0 Å². The molecule has 0 aromatic heterocycles. The molecule has 2 rings (SSSR count). The molecule has 1 aromatic carbocycles. The minimum atomic E-state index is -3.28. The molecular weight excluding hydrogens is 280 g/mol. The maximum Gasteiger partial charge on any atom is 0.412 e. The highest BCUT2D eigenvalue weighted by Crippen LogP contribution is 2.60. The highest BCUT2D eigenvalue weighted by atomic mass is 35.7. The zero-order chi connectivity index (χ0) is 12.3. The van der Waals surface area contributed by atoms with E-state index >= 15 is 0 Å². The maximum absolute atomic E-state index is 12.1. The lowest BCUT2D eigenvalue weighted by molar-refractivity contribution is 0.366. The molecule has 0 saturated carbocycles. The van der Waals surface area contributed by atoms with Crippen LogP contribution in [-0.2, 0) is 9.09 Å². The van der Waals surface area contributed by atoms with Crippen LogP contribution >= 0.6 is 29.7 Å². The van der Waals surface area contributed by atoms with Gasteiger partial charge in [0.1, 0.15) is 5.76 Å². The van der Waals surface area contributed by atoms with Crippen LogP contribution in [0.4, 0.5) is 0 Å². The molecule has 0 bridgehead atoms. The van der Waals surface area contributed by atoms with Gasteiger partial charge in [0.05, 0.1) is 0 Å². The van der Waals surface area contributed by atoms with Crippen molar-refractivity contribution in [2.75, 3.05) is 19.0 Å². The SMILES string of the molecule is O=P1(Cl)OC(c2ccccc2)=CCN1CCCl. The van der Waals surface area contributed by atoms with Crippen LogP contribution in [0.15, 0.2) is 36.4 Å². The lowest BCUT2D eigenvalue weighted by Crippen LogP contribution is -2.25. The topological polar surface area (TPSA) is 29.5 Å². The summed E-state index contributed by atoms with van der Waals surface area (Å²) in [6.07, 6.45) is 1.86. The summed E-state index contributed by atoms with van der Waals surface area (Å²) in [5.41, 5.74) is 0.874. The molecule has 0 saturated heterocycles. The Hall–Kier alpha value is -0.470. The largest absolute Gasteiger partial charge is 0.422 e. The van der Waals surface area contributed by atoms with Crippen molar-refractivity contribution in [3.05, 3.63) is 42.0 Å². The quantitative estimate of drug-likeness (QED) is 0.624. The third kappa shape index (κ3) is 3.05. The first-order chi connectivity index (χ1) is 8.13. The molecule has 0 aliphatic carbocycles. The van der Waals surface area contributed by atoms with E-state index in [4.69, 9.17) is 27.4 Å².